The molecule has 1 heterocycles. The first-order chi connectivity index (χ1) is 15.7. The van der Waals surface area contributed by atoms with Gasteiger partial charge in [-0.05, 0) is 56.5 Å². The molecule has 0 radical (unpaired) electrons. The second-order valence-corrected chi connectivity index (χ2v) is 10.1. The number of amides is 1. The SMILES string of the molecule is COC(=O)c1ccccc1S(=O)(=O)N1CCC(C(=O)NCc2ccc(OC(C)C)cc2)CC1. The smallest absolute Gasteiger partial charge is 0.339 e. The molecule has 1 N–H and O–H groups in total. The van der Waals surface area contributed by atoms with Crippen molar-refractivity contribution in [2.45, 2.75) is 44.2 Å². The molecule has 0 aromatic heterocycles. The summed E-state index contributed by atoms with van der Waals surface area (Å²) in [5.41, 5.74) is 0.962. The summed E-state index contributed by atoms with van der Waals surface area (Å²) in [5, 5.41) is 2.94. The average Bonchev–Trinajstić information content (AvgIpc) is 2.82. The maximum absolute atomic E-state index is 13.1. The lowest BCUT2D eigenvalue weighted by molar-refractivity contribution is -0.126. The minimum atomic E-state index is -3.88. The Morgan fingerprint density at radius 3 is 2.30 bits per heavy atom. The van der Waals surface area contributed by atoms with Crippen LogP contribution in [-0.4, -0.2) is 50.9 Å². The zero-order chi connectivity index (χ0) is 24.0. The van der Waals surface area contributed by atoms with Crippen LogP contribution in [0.2, 0.25) is 0 Å². The van der Waals surface area contributed by atoms with Crippen molar-refractivity contribution in [1.29, 1.82) is 0 Å². The average molecular weight is 475 g/mol. The molecule has 2 aromatic carbocycles. The fourth-order valence-electron chi connectivity index (χ4n) is 3.76. The van der Waals surface area contributed by atoms with Crippen LogP contribution in [0.15, 0.2) is 53.4 Å². The molecular formula is C24H30N2O6S. The van der Waals surface area contributed by atoms with Crippen molar-refractivity contribution in [3.05, 3.63) is 59.7 Å². The number of sulfonamides is 1. The number of nitrogens with zero attached hydrogens (tertiary/aromatic N) is 1. The monoisotopic (exact) mass is 474 g/mol. The fraction of sp³-hybridized carbons (Fsp3) is 0.417. The van der Waals surface area contributed by atoms with Crippen LogP contribution >= 0.6 is 0 Å². The van der Waals surface area contributed by atoms with Crippen LogP contribution in [0.5, 0.6) is 5.75 Å². The molecule has 0 unspecified atom stereocenters. The fourth-order valence-corrected chi connectivity index (χ4v) is 5.41. The number of benzene rings is 2. The van der Waals surface area contributed by atoms with Gasteiger partial charge in [0.25, 0.3) is 0 Å². The summed E-state index contributed by atoms with van der Waals surface area (Å²) in [4.78, 5) is 24.5. The molecule has 9 heteroatoms. The molecule has 1 aliphatic rings. The number of ether oxygens (including phenoxy) is 2. The molecule has 1 amide bonds. The number of rotatable bonds is 8. The molecule has 33 heavy (non-hydrogen) atoms. The summed E-state index contributed by atoms with van der Waals surface area (Å²) < 4.78 is 37.9. The number of hydrogen-bond donors (Lipinski definition) is 1. The lowest BCUT2D eigenvalue weighted by Crippen LogP contribution is -2.43. The van der Waals surface area contributed by atoms with Crippen LogP contribution < -0.4 is 10.1 Å². The lowest BCUT2D eigenvalue weighted by atomic mass is 9.97. The van der Waals surface area contributed by atoms with E-state index in [0.29, 0.717) is 19.4 Å². The van der Waals surface area contributed by atoms with Crippen molar-refractivity contribution >= 4 is 21.9 Å². The first-order valence-corrected chi connectivity index (χ1v) is 12.4. The second-order valence-electron chi connectivity index (χ2n) is 8.19. The highest BCUT2D eigenvalue weighted by Crippen LogP contribution is 2.26. The minimum Gasteiger partial charge on any atom is -0.491 e. The molecule has 0 aliphatic carbocycles. The van der Waals surface area contributed by atoms with Gasteiger partial charge in [0.05, 0.1) is 23.7 Å². The molecule has 1 fully saturated rings. The molecule has 1 aliphatic heterocycles. The van der Waals surface area contributed by atoms with Crippen molar-refractivity contribution < 1.29 is 27.5 Å². The Morgan fingerprint density at radius 1 is 1.06 bits per heavy atom. The van der Waals surface area contributed by atoms with E-state index in [4.69, 9.17) is 9.47 Å². The van der Waals surface area contributed by atoms with Gasteiger partial charge in [0.2, 0.25) is 15.9 Å². The van der Waals surface area contributed by atoms with E-state index < -0.39 is 16.0 Å². The Bertz CT molecular complexity index is 1070. The Kier molecular flexibility index (Phi) is 8.10. The number of methoxy groups -OCH3 is 1. The van der Waals surface area contributed by atoms with Crippen molar-refractivity contribution in [3.63, 3.8) is 0 Å². The third kappa shape index (κ3) is 6.11. The van der Waals surface area contributed by atoms with Crippen molar-refractivity contribution in [3.8, 4) is 5.75 Å². The maximum atomic E-state index is 13.1. The van der Waals surface area contributed by atoms with Crippen LogP contribution in [0.3, 0.4) is 0 Å². The molecule has 0 bridgehead atoms. The van der Waals surface area contributed by atoms with Gasteiger partial charge in [-0.1, -0.05) is 24.3 Å². The van der Waals surface area contributed by atoms with E-state index in [2.05, 4.69) is 5.32 Å². The summed E-state index contributed by atoms with van der Waals surface area (Å²) in [6.45, 7) is 4.73. The third-order valence-electron chi connectivity index (χ3n) is 5.50. The van der Waals surface area contributed by atoms with Crippen LogP contribution in [0.25, 0.3) is 0 Å². The molecule has 0 saturated carbocycles. The van der Waals surface area contributed by atoms with E-state index in [-0.39, 0.29) is 41.5 Å². The molecule has 8 nitrogen and oxygen atoms in total. The minimum absolute atomic E-state index is 0.00433. The Morgan fingerprint density at radius 2 is 1.70 bits per heavy atom. The van der Waals surface area contributed by atoms with Crippen LogP contribution in [0, 0.1) is 5.92 Å². The third-order valence-corrected chi connectivity index (χ3v) is 7.45. The molecule has 0 atom stereocenters. The molecule has 1 saturated heterocycles. The van der Waals surface area contributed by atoms with E-state index in [1.807, 2.05) is 38.1 Å². The predicted molar refractivity (Wildman–Crippen MR) is 123 cm³/mol. The van der Waals surface area contributed by atoms with Crippen LogP contribution in [0.1, 0.15) is 42.6 Å². The van der Waals surface area contributed by atoms with E-state index in [1.165, 1.54) is 23.5 Å². The van der Waals surface area contributed by atoms with Gasteiger partial charge in [-0.15, -0.1) is 0 Å². The number of carbonyl (C=O) groups excluding carboxylic acids is 2. The van der Waals surface area contributed by atoms with Crippen molar-refractivity contribution in [2.24, 2.45) is 5.92 Å². The first-order valence-electron chi connectivity index (χ1n) is 10.9. The maximum Gasteiger partial charge on any atom is 0.339 e. The highest BCUT2D eigenvalue weighted by atomic mass is 32.2. The standard InChI is InChI=1S/C24H30N2O6S/c1-17(2)32-20-10-8-18(9-11-20)16-25-23(27)19-12-14-26(15-13-19)33(29,30)22-7-5-4-6-21(22)24(28)31-3/h4-11,17,19H,12-16H2,1-3H3,(H,25,27). The molecular weight excluding hydrogens is 444 g/mol. The first kappa shape index (κ1) is 24.7. The van der Waals surface area contributed by atoms with E-state index in [9.17, 15) is 18.0 Å². The van der Waals surface area contributed by atoms with E-state index >= 15 is 0 Å². The van der Waals surface area contributed by atoms with Gasteiger partial charge in [-0.25, -0.2) is 13.2 Å². The lowest BCUT2D eigenvalue weighted by Gasteiger charge is -2.31. The number of hydrogen-bond acceptors (Lipinski definition) is 6. The zero-order valence-corrected chi connectivity index (χ0v) is 19.9. The second kappa shape index (κ2) is 10.8. The van der Waals surface area contributed by atoms with Crippen LogP contribution in [0.4, 0.5) is 0 Å². The van der Waals surface area contributed by atoms with E-state index in [0.717, 1.165) is 11.3 Å². The summed E-state index contributed by atoms with van der Waals surface area (Å²) >= 11 is 0. The molecule has 178 valence electrons. The number of piperidine rings is 1. The van der Waals surface area contributed by atoms with Gasteiger partial charge < -0.3 is 14.8 Å². The Labute approximate surface area is 194 Å². The largest absolute Gasteiger partial charge is 0.491 e. The van der Waals surface area contributed by atoms with Gasteiger partial charge >= 0.3 is 5.97 Å². The number of carbonyl (C=O) groups is 2. The number of nitrogens with one attached hydrogen (secondary N) is 1. The van der Waals surface area contributed by atoms with Gasteiger partial charge in [0.1, 0.15) is 5.75 Å². The summed E-state index contributed by atoms with van der Waals surface area (Å²) in [5.74, 6) is -0.282. The summed E-state index contributed by atoms with van der Waals surface area (Å²) in [6, 6.07) is 13.6. The van der Waals surface area contributed by atoms with Crippen molar-refractivity contribution in [2.75, 3.05) is 20.2 Å². The number of esters is 1. The molecule has 3 rings (SSSR count). The van der Waals surface area contributed by atoms with Gasteiger partial charge in [-0.2, -0.15) is 4.31 Å². The van der Waals surface area contributed by atoms with Crippen molar-refractivity contribution in [1.82, 2.24) is 9.62 Å². The molecule has 2 aromatic rings. The highest BCUT2D eigenvalue weighted by molar-refractivity contribution is 7.89. The van der Waals surface area contributed by atoms with Crippen LogP contribution in [-0.2, 0) is 26.1 Å². The summed E-state index contributed by atoms with van der Waals surface area (Å²) in [7, 11) is -2.66. The Balaban J connectivity index is 1.56. The normalized spacial score (nSPS) is 15.3. The van der Waals surface area contributed by atoms with Gasteiger partial charge in [0.15, 0.2) is 0 Å². The topological polar surface area (TPSA) is 102 Å². The van der Waals surface area contributed by atoms with E-state index in [1.54, 1.807) is 12.1 Å². The highest BCUT2D eigenvalue weighted by Gasteiger charge is 2.34. The predicted octanol–water partition coefficient (Wildman–Crippen LogP) is 2.98. The quantitative estimate of drug-likeness (QED) is 0.590. The molecule has 0 spiro atoms. The summed E-state index contributed by atoms with van der Waals surface area (Å²) in [6.07, 6.45) is 0.915. The Hall–Kier alpha value is -2.91. The van der Waals surface area contributed by atoms with Gasteiger partial charge in [0, 0.05) is 25.6 Å². The van der Waals surface area contributed by atoms with Gasteiger partial charge in [-0.3, -0.25) is 4.79 Å². The zero-order valence-electron chi connectivity index (χ0n) is 19.1.